The molecule has 0 aliphatic carbocycles. The van der Waals surface area contributed by atoms with Crippen molar-refractivity contribution in [1.29, 1.82) is 0 Å². The fourth-order valence-corrected chi connectivity index (χ4v) is 4.24. The normalized spacial score (nSPS) is 12.9. The van der Waals surface area contributed by atoms with Crippen LogP contribution in [0.1, 0.15) is 19.3 Å². The summed E-state index contributed by atoms with van der Waals surface area (Å²) >= 11 is 5.44. The second-order valence-electron chi connectivity index (χ2n) is 3.53. The summed E-state index contributed by atoms with van der Waals surface area (Å²) < 4.78 is 44.2. The average molecular weight is 277 g/mol. The maximum absolute atomic E-state index is 11.3. The number of rotatable bonds is 8. The van der Waals surface area contributed by atoms with Gasteiger partial charge in [0.25, 0.3) is 0 Å². The monoisotopic (exact) mass is 276 g/mol. The lowest BCUT2D eigenvalue weighted by Gasteiger charge is -2.02. The molecule has 0 aliphatic rings. The smallest absolute Gasteiger partial charge is 0.151 e. The van der Waals surface area contributed by atoms with Crippen LogP contribution in [-0.2, 0) is 19.7 Å². The quantitative estimate of drug-likeness (QED) is 0.487. The highest BCUT2D eigenvalue weighted by Crippen LogP contribution is 2.02. The van der Waals surface area contributed by atoms with Gasteiger partial charge >= 0.3 is 0 Å². The van der Waals surface area contributed by atoms with Gasteiger partial charge in [-0.25, -0.2) is 16.8 Å². The minimum atomic E-state index is -3.22. The third-order valence-electron chi connectivity index (χ3n) is 1.85. The molecule has 0 unspecified atom stereocenters. The van der Waals surface area contributed by atoms with Crippen LogP contribution in [0.3, 0.4) is 0 Å². The Bertz CT molecular complexity index is 358. The van der Waals surface area contributed by atoms with Gasteiger partial charge in [0.15, 0.2) is 9.84 Å². The standard InChI is InChI=1S/C8H17ClO4S2/c1-14(10,11)7-8-15(12,13)6-4-2-3-5-9/h2-8H2,1H3. The van der Waals surface area contributed by atoms with Gasteiger partial charge in [0, 0.05) is 12.1 Å². The number of hydrogen-bond acceptors (Lipinski definition) is 4. The molecule has 0 aromatic rings. The van der Waals surface area contributed by atoms with Crippen LogP contribution in [0.4, 0.5) is 0 Å². The highest BCUT2D eigenvalue weighted by atomic mass is 35.5. The molecule has 4 nitrogen and oxygen atoms in total. The molecule has 0 amide bonds. The predicted molar refractivity (Wildman–Crippen MR) is 62.9 cm³/mol. The predicted octanol–water partition coefficient (Wildman–Crippen LogP) is 0.855. The van der Waals surface area contributed by atoms with Crippen LogP contribution in [-0.4, -0.2) is 46.2 Å². The van der Waals surface area contributed by atoms with E-state index in [2.05, 4.69) is 0 Å². The number of alkyl halides is 1. The van der Waals surface area contributed by atoms with Gasteiger partial charge in [-0.15, -0.1) is 11.6 Å². The van der Waals surface area contributed by atoms with Crippen LogP contribution in [0, 0.1) is 0 Å². The van der Waals surface area contributed by atoms with Crippen molar-refractivity contribution < 1.29 is 16.8 Å². The molecule has 7 heteroatoms. The van der Waals surface area contributed by atoms with Crippen LogP contribution in [0.15, 0.2) is 0 Å². The summed E-state index contributed by atoms with van der Waals surface area (Å²) in [6.07, 6.45) is 3.15. The Morgan fingerprint density at radius 2 is 1.47 bits per heavy atom. The van der Waals surface area contributed by atoms with E-state index < -0.39 is 19.7 Å². The van der Waals surface area contributed by atoms with Gasteiger partial charge in [0.2, 0.25) is 0 Å². The zero-order valence-corrected chi connectivity index (χ0v) is 11.2. The zero-order valence-electron chi connectivity index (χ0n) is 8.78. The van der Waals surface area contributed by atoms with Crippen molar-refractivity contribution in [1.82, 2.24) is 0 Å². The molecule has 0 aliphatic heterocycles. The second kappa shape index (κ2) is 6.70. The topological polar surface area (TPSA) is 68.3 Å². The summed E-state index contributed by atoms with van der Waals surface area (Å²) in [4.78, 5) is 0. The Balaban J connectivity index is 3.88. The Morgan fingerprint density at radius 1 is 0.867 bits per heavy atom. The van der Waals surface area contributed by atoms with E-state index in [4.69, 9.17) is 11.6 Å². The summed E-state index contributed by atoms with van der Waals surface area (Å²) in [5.74, 6) is 0.0281. The molecule has 0 atom stereocenters. The lowest BCUT2D eigenvalue weighted by molar-refractivity contribution is 0.586. The van der Waals surface area contributed by atoms with Crippen LogP contribution in [0.25, 0.3) is 0 Å². The molecule has 0 aromatic carbocycles. The average Bonchev–Trinajstić information content (AvgIpc) is 2.09. The van der Waals surface area contributed by atoms with Crippen LogP contribution in [0.2, 0.25) is 0 Å². The van der Waals surface area contributed by atoms with Gasteiger partial charge in [-0.3, -0.25) is 0 Å². The van der Waals surface area contributed by atoms with E-state index in [-0.39, 0.29) is 17.3 Å². The Morgan fingerprint density at radius 3 is 1.93 bits per heavy atom. The van der Waals surface area contributed by atoms with Gasteiger partial charge < -0.3 is 0 Å². The Kier molecular flexibility index (Phi) is 6.79. The first-order chi connectivity index (χ1) is 6.77. The van der Waals surface area contributed by atoms with E-state index in [1.165, 1.54) is 0 Å². The molecule has 0 bridgehead atoms. The van der Waals surface area contributed by atoms with Crippen molar-refractivity contribution in [2.75, 3.05) is 29.4 Å². The van der Waals surface area contributed by atoms with E-state index in [1.807, 2.05) is 0 Å². The Hall–Kier alpha value is 0.190. The van der Waals surface area contributed by atoms with Gasteiger partial charge in [-0.2, -0.15) is 0 Å². The van der Waals surface area contributed by atoms with Crippen molar-refractivity contribution in [3.63, 3.8) is 0 Å². The molecule has 0 rings (SSSR count). The number of unbranched alkanes of at least 4 members (excludes halogenated alkanes) is 2. The molecule has 0 saturated heterocycles. The van der Waals surface area contributed by atoms with Crippen LogP contribution >= 0.6 is 11.6 Å². The van der Waals surface area contributed by atoms with Crippen molar-refractivity contribution in [2.45, 2.75) is 19.3 Å². The van der Waals surface area contributed by atoms with Crippen molar-refractivity contribution >= 4 is 31.3 Å². The minimum Gasteiger partial charge on any atom is -0.229 e. The van der Waals surface area contributed by atoms with Gasteiger partial charge in [-0.05, 0) is 12.8 Å². The fraction of sp³-hybridized carbons (Fsp3) is 1.00. The summed E-state index contributed by atoms with van der Waals surface area (Å²) in [5, 5.41) is 0. The molecule has 0 radical (unpaired) electrons. The molecular formula is C8H17ClO4S2. The van der Waals surface area contributed by atoms with E-state index in [0.29, 0.717) is 12.3 Å². The van der Waals surface area contributed by atoms with E-state index in [9.17, 15) is 16.8 Å². The molecule has 0 aromatic heterocycles. The van der Waals surface area contributed by atoms with E-state index in [0.717, 1.165) is 19.1 Å². The summed E-state index contributed by atoms with van der Waals surface area (Å²) in [7, 11) is -6.41. The summed E-state index contributed by atoms with van der Waals surface area (Å²) in [6.45, 7) is 0. The maximum Gasteiger partial charge on any atom is 0.151 e. The van der Waals surface area contributed by atoms with E-state index >= 15 is 0 Å². The molecule has 0 saturated carbocycles. The fourth-order valence-electron chi connectivity index (χ4n) is 0.974. The van der Waals surface area contributed by atoms with Crippen molar-refractivity contribution in [3.8, 4) is 0 Å². The van der Waals surface area contributed by atoms with E-state index in [1.54, 1.807) is 0 Å². The van der Waals surface area contributed by atoms with Gasteiger partial charge in [-0.1, -0.05) is 6.42 Å². The second-order valence-corrected chi connectivity index (χ2v) is 8.47. The largest absolute Gasteiger partial charge is 0.229 e. The maximum atomic E-state index is 11.3. The lowest BCUT2D eigenvalue weighted by Crippen LogP contribution is -2.18. The molecule has 0 N–H and O–H groups in total. The zero-order chi connectivity index (χ0) is 11.9. The third-order valence-corrected chi connectivity index (χ3v) is 5.06. The van der Waals surface area contributed by atoms with Gasteiger partial charge in [0.1, 0.15) is 9.84 Å². The molecular weight excluding hydrogens is 260 g/mol. The molecule has 0 spiro atoms. The summed E-state index contributed by atoms with van der Waals surface area (Å²) in [6, 6.07) is 0. The first-order valence-electron chi connectivity index (χ1n) is 4.71. The minimum absolute atomic E-state index is 0.0550. The third kappa shape index (κ3) is 10.5. The SMILES string of the molecule is CS(=O)(=O)CCS(=O)(=O)CCCCCCl. The summed E-state index contributed by atoms with van der Waals surface area (Å²) in [5.41, 5.74) is 0. The highest BCUT2D eigenvalue weighted by Gasteiger charge is 2.13. The number of hydrogen-bond donors (Lipinski definition) is 0. The number of sulfone groups is 2. The van der Waals surface area contributed by atoms with Crippen LogP contribution in [0.5, 0.6) is 0 Å². The van der Waals surface area contributed by atoms with Crippen molar-refractivity contribution in [3.05, 3.63) is 0 Å². The first-order valence-corrected chi connectivity index (χ1v) is 9.12. The lowest BCUT2D eigenvalue weighted by atomic mass is 10.3. The molecule has 0 fully saturated rings. The highest BCUT2D eigenvalue weighted by molar-refractivity contribution is 7.94. The molecule has 0 heterocycles. The number of halogens is 1. The first kappa shape index (κ1) is 15.2. The van der Waals surface area contributed by atoms with Crippen molar-refractivity contribution in [2.24, 2.45) is 0 Å². The molecule has 92 valence electrons. The Labute approximate surface area is 96.8 Å². The molecule has 15 heavy (non-hydrogen) atoms. The van der Waals surface area contributed by atoms with Gasteiger partial charge in [0.05, 0.1) is 17.3 Å². The van der Waals surface area contributed by atoms with Crippen LogP contribution < -0.4 is 0 Å².